The SMILES string of the molecule is CCOC(=O)C1=C(COc2ccccc2)NC(=O)N[C@@H]1c1ccccc1. The van der Waals surface area contributed by atoms with Crippen molar-refractivity contribution in [1.82, 2.24) is 10.6 Å². The molecular weight excluding hydrogens is 332 g/mol. The molecule has 0 saturated heterocycles. The first-order valence-corrected chi connectivity index (χ1v) is 8.39. The number of esters is 1. The van der Waals surface area contributed by atoms with Crippen LogP contribution < -0.4 is 15.4 Å². The Morgan fingerprint density at radius 3 is 2.35 bits per heavy atom. The first-order chi connectivity index (χ1) is 12.7. The molecular formula is C20H20N2O4. The molecule has 1 aliphatic rings. The molecule has 2 aromatic rings. The number of rotatable bonds is 6. The second kappa shape index (κ2) is 8.20. The van der Waals surface area contributed by atoms with Crippen molar-refractivity contribution in [2.45, 2.75) is 13.0 Å². The molecule has 0 spiro atoms. The minimum absolute atomic E-state index is 0.0505. The van der Waals surface area contributed by atoms with Crippen molar-refractivity contribution < 1.29 is 19.1 Å². The van der Waals surface area contributed by atoms with E-state index in [4.69, 9.17) is 9.47 Å². The van der Waals surface area contributed by atoms with Gasteiger partial charge in [0.15, 0.2) is 0 Å². The van der Waals surface area contributed by atoms with Crippen LogP contribution in [0.25, 0.3) is 0 Å². The summed E-state index contributed by atoms with van der Waals surface area (Å²) in [4.78, 5) is 24.7. The van der Waals surface area contributed by atoms with Crippen molar-refractivity contribution in [1.29, 1.82) is 0 Å². The Bertz CT molecular complexity index is 803. The van der Waals surface area contributed by atoms with E-state index in [0.717, 1.165) is 5.56 Å². The summed E-state index contributed by atoms with van der Waals surface area (Å²) < 4.78 is 10.9. The van der Waals surface area contributed by atoms with Crippen molar-refractivity contribution in [3.05, 3.63) is 77.5 Å². The van der Waals surface area contributed by atoms with Gasteiger partial charge in [-0.05, 0) is 24.6 Å². The number of benzene rings is 2. The van der Waals surface area contributed by atoms with E-state index in [-0.39, 0.29) is 13.2 Å². The second-order valence-corrected chi connectivity index (χ2v) is 5.66. The first-order valence-electron chi connectivity index (χ1n) is 8.39. The molecule has 0 fully saturated rings. The van der Waals surface area contributed by atoms with Crippen molar-refractivity contribution in [2.24, 2.45) is 0 Å². The minimum Gasteiger partial charge on any atom is -0.487 e. The van der Waals surface area contributed by atoms with Gasteiger partial charge in [-0.2, -0.15) is 0 Å². The molecule has 0 unspecified atom stereocenters. The predicted molar refractivity (Wildman–Crippen MR) is 96.4 cm³/mol. The van der Waals surface area contributed by atoms with Gasteiger partial charge in [-0.1, -0.05) is 48.5 Å². The third-order valence-electron chi connectivity index (χ3n) is 3.91. The molecule has 2 aromatic carbocycles. The Morgan fingerprint density at radius 1 is 1.04 bits per heavy atom. The largest absolute Gasteiger partial charge is 0.487 e. The zero-order valence-corrected chi connectivity index (χ0v) is 14.4. The smallest absolute Gasteiger partial charge is 0.338 e. The summed E-state index contributed by atoms with van der Waals surface area (Å²) in [5, 5.41) is 5.47. The summed E-state index contributed by atoms with van der Waals surface area (Å²) in [6.07, 6.45) is 0. The highest BCUT2D eigenvalue weighted by molar-refractivity contribution is 5.95. The highest BCUT2D eigenvalue weighted by atomic mass is 16.5. The van der Waals surface area contributed by atoms with E-state index in [2.05, 4.69) is 10.6 Å². The van der Waals surface area contributed by atoms with Crippen molar-refractivity contribution in [3.8, 4) is 5.75 Å². The van der Waals surface area contributed by atoms with Crippen LogP contribution in [0.3, 0.4) is 0 Å². The monoisotopic (exact) mass is 352 g/mol. The van der Waals surface area contributed by atoms with E-state index >= 15 is 0 Å². The van der Waals surface area contributed by atoms with Crippen LogP contribution in [-0.4, -0.2) is 25.2 Å². The highest BCUT2D eigenvalue weighted by Gasteiger charge is 2.33. The summed E-state index contributed by atoms with van der Waals surface area (Å²) in [5.74, 6) is 0.160. The van der Waals surface area contributed by atoms with Gasteiger partial charge in [0, 0.05) is 0 Å². The average Bonchev–Trinajstić information content (AvgIpc) is 2.67. The van der Waals surface area contributed by atoms with Gasteiger partial charge in [-0.25, -0.2) is 9.59 Å². The number of urea groups is 1. The summed E-state index contributed by atoms with van der Waals surface area (Å²) in [7, 11) is 0. The van der Waals surface area contributed by atoms with Crippen LogP contribution in [0.15, 0.2) is 71.9 Å². The molecule has 3 rings (SSSR count). The highest BCUT2D eigenvalue weighted by Crippen LogP contribution is 2.28. The average molecular weight is 352 g/mol. The lowest BCUT2D eigenvalue weighted by Gasteiger charge is -2.29. The second-order valence-electron chi connectivity index (χ2n) is 5.66. The fraction of sp³-hybridized carbons (Fsp3) is 0.200. The third kappa shape index (κ3) is 4.03. The van der Waals surface area contributed by atoms with Crippen LogP contribution in [0.5, 0.6) is 5.75 Å². The van der Waals surface area contributed by atoms with Crippen LogP contribution >= 0.6 is 0 Å². The molecule has 0 bridgehead atoms. The Kier molecular flexibility index (Phi) is 5.53. The topological polar surface area (TPSA) is 76.7 Å². The van der Waals surface area contributed by atoms with Crippen LogP contribution in [-0.2, 0) is 9.53 Å². The van der Waals surface area contributed by atoms with Crippen molar-refractivity contribution >= 4 is 12.0 Å². The lowest BCUT2D eigenvalue weighted by molar-refractivity contribution is -0.139. The van der Waals surface area contributed by atoms with Crippen LogP contribution in [0.2, 0.25) is 0 Å². The molecule has 2 N–H and O–H groups in total. The molecule has 0 saturated carbocycles. The number of nitrogens with one attached hydrogen (secondary N) is 2. The summed E-state index contributed by atoms with van der Waals surface area (Å²) >= 11 is 0. The van der Waals surface area contributed by atoms with Gasteiger partial charge in [-0.15, -0.1) is 0 Å². The number of hydrogen-bond acceptors (Lipinski definition) is 4. The number of carbonyl (C=O) groups excluding carboxylic acids is 2. The molecule has 6 nitrogen and oxygen atoms in total. The van der Waals surface area contributed by atoms with Gasteiger partial charge in [-0.3, -0.25) is 0 Å². The van der Waals surface area contributed by atoms with Gasteiger partial charge in [0.05, 0.1) is 23.9 Å². The molecule has 0 aliphatic carbocycles. The predicted octanol–water partition coefficient (Wildman–Crippen LogP) is 2.94. The van der Waals surface area contributed by atoms with Crippen molar-refractivity contribution in [2.75, 3.05) is 13.2 Å². The van der Waals surface area contributed by atoms with Crippen molar-refractivity contribution in [3.63, 3.8) is 0 Å². The Balaban J connectivity index is 1.95. The molecule has 0 aromatic heterocycles. The normalized spacial score (nSPS) is 16.5. The summed E-state index contributed by atoms with van der Waals surface area (Å²) in [6, 6.07) is 17.5. The molecule has 26 heavy (non-hydrogen) atoms. The van der Waals surface area contributed by atoms with E-state index in [0.29, 0.717) is 17.0 Å². The zero-order valence-electron chi connectivity index (χ0n) is 14.4. The van der Waals surface area contributed by atoms with E-state index in [9.17, 15) is 9.59 Å². The number of ether oxygens (including phenoxy) is 2. The fourth-order valence-corrected chi connectivity index (χ4v) is 2.75. The van der Waals surface area contributed by atoms with E-state index in [1.165, 1.54) is 0 Å². The number of para-hydroxylation sites is 1. The quantitative estimate of drug-likeness (QED) is 0.784. The minimum atomic E-state index is -0.599. The molecule has 1 aliphatic heterocycles. The van der Waals surface area contributed by atoms with Gasteiger partial charge < -0.3 is 20.1 Å². The van der Waals surface area contributed by atoms with Gasteiger partial charge in [0.1, 0.15) is 12.4 Å². The molecule has 1 heterocycles. The Hall–Kier alpha value is -3.28. The first kappa shape index (κ1) is 17.5. The number of amides is 2. The Labute approximate surface area is 151 Å². The van der Waals surface area contributed by atoms with Gasteiger partial charge in [0.2, 0.25) is 0 Å². The maximum absolute atomic E-state index is 12.6. The fourth-order valence-electron chi connectivity index (χ4n) is 2.75. The third-order valence-corrected chi connectivity index (χ3v) is 3.91. The van der Waals surface area contributed by atoms with Crippen LogP contribution in [0, 0.1) is 0 Å². The maximum Gasteiger partial charge on any atom is 0.338 e. The van der Waals surface area contributed by atoms with Gasteiger partial charge >= 0.3 is 12.0 Å². The maximum atomic E-state index is 12.6. The molecule has 134 valence electrons. The molecule has 0 radical (unpaired) electrons. The number of hydrogen-bond donors (Lipinski definition) is 2. The number of carbonyl (C=O) groups is 2. The summed E-state index contributed by atoms with van der Waals surface area (Å²) in [6.45, 7) is 2.03. The lowest BCUT2D eigenvalue weighted by atomic mass is 9.95. The summed E-state index contributed by atoms with van der Waals surface area (Å²) in [5.41, 5.74) is 1.53. The standard InChI is InChI=1S/C20H20N2O4/c1-2-25-19(23)17-16(13-26-15-11-7-4-8-12-15)21-20(24)22-18(17)14-9-5-3-6-10-14/h3-12,18H,2,13H2,1H3,(H2,21,22,24)/t18-/m1/s1. The van der Waals surface area contributed by atoms with E-state index < -0.39 is 18.0 Å². The van der Waals surface area contributed by atoms with E-state index in [1.807, 2.05) is 60.7 Å². The zero-order chi connectivity index (χ0) is 18.4. The van der Waals surface area contributed by atoms with Crippen LogP contribution in [0.1, 0.15) is 18.5 Å². The van der Waals surface area contributed by atoms with E-state index in [1.54, 1.807) is 6.92 Å². The molecule has 2 amide bonds. The molecule has 1 atom stereocenters. The lowest BCUT2D eigenvalue weighted by Crippen LogP contribution is -2.47. The molecule has 6 heteroatoms. The van der Waals surface area contributed by atoms with Crippen LogP contribution in [0.4, 0.5) is 4.79 Å². The van der Waals surface area contributed by atoms with Gasteiger partial charge in [0.25, 0.3) is 0 Å². The Morgan fingerprint density at radius 2 is 1.69 bits per heavy atom.